The lowest BCUT2D eigenvalue weighted by Gasteiger charge is -2.35. The molecule has 2 nitrogen and oxygen atoms in total. The van der Waals surface area contributed by atoms with Gasteiger partial charge in [0, 0.05) is 19.5 Å². The number of halogens is 1. The minimum Gasteiger partial charge on any atom is -0.395 e. The molecule has 1 saturated heterocycles. The molecule has 21 heavy (non-hydrogen) atoms. The summed E-state index contributed by atoms with van der Waals surface area (Å²) >= 11 is 0. The van der Waals surface area contributed by atoms with Crippen molar-refractivity contribution in [2.45, 2.75) is 33.2 Å². The lowest BCUT2D eigenvalue weighted by atomic mass is 9.88. The van der Waals surface area contributed by atoms with Crippen molar-refractivity contribution in [3.63, 3.8) is 0 Å². The molecule has 1 aliphatic rings. The van der Waals surface area contributed by atoms with Crippen molar-refractivity contribution in [1.29, 1.82) is 0 Å². The molecule has 1 aromatic rings. The molecule has 0 radical (unpaired) electrons. The molecule has 3 heteroatoms. The van der Waals surface area contributed by atoms with E-state index in [-0.39, 0.29) is 12.4 Å². The van der Waals surface area contributed by atoms with E-state index in [0.29, 0.717) is 17.9 Å². The highest BCUT2D eigenvalue weighted by Crippen LogP contribution is 2.24. The number of aliphatic hydroxyl groups is 1. The second-order valence-electron chi connectivity index (χ2n) is 6.07. The van der Waals surface area contributed by atoms with Crippen molar-refractivity contribution in [2.24, 2.45) is 11.8 Å². The Morgan fingerprint density at radius 3 is 2.86 bits per heavy atom. The summed E-state index contributed by atoms with van der Waals surface area (Å²) in [4.78, 5) is 2.43. The maximum absolute atomic E-state index is 13.7. The summed E-state index contributed by atoms with van der Waals surface area (Å²) in [6.45, 7) is 7.69. The average molecular weight is 289 g/mol. The van der Waals surface area contributed by atoms with E-state index < -0.39 is 0 Å². The van der Waals surface area contributed by atoms with Crippen LogP contribution in [-0.2, 0) is 6.54 Å². The number of nitrogens with zero attached hydrogens (tertiary/aromatic N) is 1. The number of hydrogen-bond donors (Lipinski definition) is 1. The second kappa shape index (κ2) is 7.59. The minimum absolute atomic E-state index is 0.0121. The number of aliphatic hydroxyl groups excluding tert-OH is 1. The molecule has 0 amide bonds. The molecule has 2 rings (SSSR count). The van der Waals surface area contributed by atoms with E-state index in [9.17, 15) is 4.39 Å². The zero-order chi connectivity index (χ0) is 15.2. The van der Waals surface area contributed by atoms with Gasteiger partial charge >= 0.3 is 0 Å². The Labute approximate surface area is 127 Å². The number of piperidine rings is 1. The molecule has 1 N–H and O–H groups in total. The van der Waals surface area contributed by atoms with Crippen molar-refractivity contribution in [2.75, 3.05) is 19.7 Å². The van der Waals surface area contributed by atoms with Crippen LogP contribution >= 0.6 is 0 Å². The van der Waals surface area contributed by atoms with E-state index in [1.807, 2.05) is 12.1 Å². The van der Waals surface area contributed by atoms with Crippen LogP contribution < -0.4 is 0 Å². The highest BCUT2D eigenvalue weighted by Gasteiger charge is 2.22. The molecule has 1 aliphatic heterocycles. The lowest BCUT2D eigenvalue weighted by Crippen LogP contribution is -2.37. The molecule has 0 bridgehead atoms. The molecular weight excluding hydrogens is 265 g/mol. The van der Waals surface area contributed by atoms with E-state index in [2.05, 4.69) is 30.6 Å². The molecule has 1 heterocycles. The zero-order valence-corrected chi connectivity index (χ0v) is 12.9. The van der Waals surface area contributed by atoms with Crippen LogP contribution in [0.4, 0.5) is 4.39 Å². The van der Waals surface area contributed by atoms with Crippen LogP contribution in [0.3, 0.4) is 0 Å². The Bertz CT molecular complexity index is 532. The Morgan fingerprint density at radius 1 is 1.33 bits per heavy atom. The molecule has 0 spiro atoms. The standard InChI is InChI=1S/C18H24FNO/c1-14-8-9-20(12-15(14)2)13-16-6-7-18(19)17(11-16)5-3-4-10-21/h6-7,11,14-15,21H,4,8-10,12-13H2,1-2H3. The van der Waals surface area contributed by atoms with Gasteiger partial charge in [0.05, 0.1) is 12.2 Å². The van der Waals surface area contributed by atoms with Gasteiger partial charge in [0.15, 0.2) is 0 Å². The van der Waals surface area contributed by atoms with Gasteiger partial charge in [0.25, 0.3) is 0 Å². The van der Waals surface area contributed by atoms with Gasteiger partial charge in [-0.15, -0.1) is 0 Å². The normalized spacial score (nSPS) is 22.7. The molecule has 2 atom stereocenters. The van der Waals surface area contributed by atoms with Crippen LogP contribution in [0.2, 0.25) is 0 Å². The number of likely N-dealkylation sites (tertiary alicyclic amines) is 1. The van der Waals surface area contributed by atoms with E-state index in [4.69, 9.17) is 5.11 Å². The third kappa shape index (κ3) is 4.56. The Kier molecular flexibility index (Phi) is 5.78. The van der Waals surface area contributed by atoms with Crippen LogP contribution in [0, 0.1) is 29.5 Å². The van der Waals surface area contributed by atoms with Crippen molar-refractivity contribution >= 4 is 0 Å². The van der Waals surface area contributed by atoms with Gasteiger partial charge in [-0.1, -0.05) is 31.8 Å². The third-order valence-corrected chi connectivity index (χ3v) is 4.32. The first-order valence-corrected chi connectivity index (χ1v) is 7.70. The summed E-state index contributed by atoms with van der Waals surface area (Å²) in [5, 5.41) is 8.73. The molecule has 1 aromatic carbocycles. The molecule has 2 unspecified atom stereocenters. The average Bonchev–Trinajstić information content (AvgIpc) is 2.46. The Morgan fingerprint density at radius 2 is 2.14 bits per heavy atom. The largest absolute Gasteiger partial charge is 0.395 e. The van der Waals surface area contributed by atoms with E-state index in [1.54, 1.807) is 0 Å². The SMILES string of the molecule is CC1CCN(Cc2ccc(F)c(C#CCCO)c2)CC1C. The molecule has 0 saturated carbocycles. The topological polar surface area (TPSA) is 23.5 Å². The van der Waals surface area contributed by atoms with Crippen LogP contribution in [0.5, 0.6) is 0 Å². The van der Waals surface area contributed by atoms with Crippen molar-refractivity contribution in [3.05, 3.63) is 35.1 Å². The fourth-order valence-corrected chi connectivity index (χ4v) is 2.73. The first-order valence-electron chi connectivity index (χ1n) is 7.70. The molecule has 1 fully saturated rings. The maximum atomic E-state index is 13.7. The lowest BCUT2D eigenvalue weighted by molar-refractivity contribution is 0.132. The van der Waals surface area contributed by atoms with Crippen LogP contribution in [0.15, 0.2) is 18.2 Å². The highest BCUT2D eigenvalue weighted by atomic mass is 19.1. The van der Waals surface area contributed by atoms with Crippen molar-refractivity contribution in [3.8, 4) is 11.8 Å². The fraction of sp³-hybridized carbons (Fsp3) is 0.556. The van der Waals surface area contributed by atoms with Gasteiger partial charge in [0.2, 0.25) is 0 Å². The first-order chi connectivity index (χ1) is 10.1. The maximum Gasteiger partial charge on any atom is 0.138 e. The predicted octanol–water partition coefficient (Wildman–Crippen LogP) is 3.04. The van der Waals surface area contributed by atoms with E-state index in [1.165, 1.54) is 12.5 Å². The van der Waals surface area contributed by atoms with Gasteiger partial charge in [-0.2, -0.15) is 0 Å². The van der Waals surface area contributed by atoms with Crippen molar-refractivity contribution in [1.82, 2.24) is 4.90 Å². The van der Waals surface area contributed by atoms with Crippen LogP contribution in [0.1, 0.15) is 37.8 Å². The summed E-state index contributed by atoms with van der Waals surface area (Å²) < 4.78 is 13.7. The van der Waals surface area contributed by atoms with Gasteiger partial charge in [-0.3, -0.25) is 4.90 Å². The van der Waals surface area contributed by atoms with Crippen LogP contribution in [0.25, 0.3) is 0 Å². The van der Waals surface area contributed by atoms with E-state index >= 15 is 0 Å². The van der Waals surface area contributed by atoms with Gasteiger partial charge < -0.3 is 5.11 Å². The quantitative estimate of drug-likeness (QED) is 0.865. The molecule has 114 valence electrons. The second-order valence-corrected chi connectivity index (χ2v) is 6.07. The predicted molar refractivity (Wildman–Crippen MR) is 83.2 cm³/mol. The first kappa shape index (κ1) is 16.0. The summed E-state index contributed by atoms with van der Waals surface area (Å²) in [5.74, 6) is 6.80. The highest BCUT2D eigenvalue weighted by molar-refractivity contribution is 5.38. The summed E-state index contributed by atoms with van der Waals surface area (Å²) in [5.41, 5.74) is 1.53. The summed E-state index contributed by atoms with van der Waals surface area (Å²) in [6, 6.07) is 5.17. The zero-order valence-electron chi connectivity index (χ0n) is 12.9. The Hall–Kier alpha value is -1.37. The molecular formula is C18H24FNO. The van der Waals surface area contributed by atoms with Crippen molar-refractivity contribution < 1.29 is 9.50 Å². The molecule has 0 aromatic heterocycles. The smallest absolute Gasteiger partial charge is 0.138 e. The third-order valence-electron chi connectivity index (χ3n) is 4.32. The monoisotopic (exact) mass is 289 g/mol. The number of hydrogen-bond acceptors (Lipinski definition) is 2. The fourth-order valence-electron chi connectivity index (χ4n) is 2.73. The number of rotatable bonds is 3. The van der Waals surface area contributed by atoms with Crippen LogP contribution in [-0.4, -0.2) is 29.7 Å². The Balaban J connectivity index is 2.04. The van der Waals surface area contributed by atoms with E-state index in [0.717, 1.165) is 31.1 Å². The van der Waals surface area contributed by atoms with Gasteiger partial charge in [0.1, 0.15) is 5.82 Å². The summed E-state index contributed by atoms with van der Waals surface area (Å²) in [6.07, 6.45) is 1.61. The summed E-state index contributed by atoms with van der Waals surface area (Å²) in [7, 11) is 0. The molecule has 0 aliphatic carbocycles. The minimum atomic E-state index is -0.287. The van der Waals surface area contributed by atoms with Gasteiger partial charge in [-0.25, -0.2) is 4.39 Å². The van der Waals surface area contributed by atoms with Gasteiger partial charge in [-0.05, 0) is 42.5 Å². The number of benzene rings is 1.